The molecular formula is C18H18N4O5S. The summed E-state index contributed by atoms with van der Waals surface area (Å²) in [4.78, 5) is 40.7. The number of carbonyl (C=O) groups is 3. The van der Waals surface area contributed by atoms with Crippen LogP contribution in [0, 0.1) is 6.92 Å². The Hall–Kier alpha value is -3.27. The summed E-state index contributed by atoms with van der Waals surface area (Å²) in [5, 5.41) is 4.13. The fourth-order valence-corrected chi connectivity index (χ4v) is 3.77. The van der Waals surface area contributed by atoms with Gasteiger partial charge in [-0.05, 0) is 25.1 Å². The minimum absolute atomic E-state index is 0.124. The molecule has 0 N–H and O–H groups in total. The van der Waals surface area contributed by atoms with Crippen molar-refractivity contribution < 1.29 is 23.9 Å². The maximum absolute atomic E-state index is 12.6. The predicted octanol–water partition coefficient (Wildman–Crippen LogP) is 1.45. The molecule has 1 amide bonds. The Labute approximate surface area is 163 Å². The van der Waals surface area contributed by atoms with Gasteiger partial charge in [-0.25, -0.2) is 4.79 Å². The molecule has 0 fully saturated rings. The lowest BCUT2D eigenvalue weighted by Crippen LogP contribution is -2.22. The normalized spacial score (nSPS) is 11.6. The molecule has 0 aliphatic heterocycles. The van der Waals surface area contributed by atoms with Gasteiger partial charge in [0, 0.05) is 18.8 Å². The third kappa shape index (κ3) is 3.72. The Morgan fingerprint density at radius 3 is 2.57 bits per heavy atom. The third-order valence-electron chi connectivity index (χ3n) is 4.03. The summed E-state index contributed by atoms with van der Waals surface area (Å²) in [5.41, 5.74) is 1.94. The number of fused-ring (bicyclic) bond motifs is 1. The number of benzene rings is 1. The molecule has 0 bridgehead atoms. The largest absolute Gasteiger partial charge is 0.468 e. The van der Waals surface area contributed by atoms with Crippen molar-refractivity contribution in [3.05, 3.63) is 46.0 Å². The summed E-state index contributed by atoms with van der Waals surface area (Å²) in [6.45, 7) is 1.65. The minimum atomic E-state index is -0.517. The number of hydrogen-bond acceptors (Lipinski definition) is 7. The number of thiazole rings is 1. The third-order valence-corrected chi connectivity index (χ3v) is 5.07. The van der Waals surface area contributed by atoms with Gasteiger partial charge in [-0.2, -0.15) is 10.1 Å². The molecule has 0 atom stereocenters. The number of methoxy groups -OCH3 is 2. The van der Waals surface area contributed by atoms with Crippen molar-refractivity contribution in [2.75, 3.05) is 14.2 Å². The molecule has 0 saturated carbocycles. The molecule has 2 aromatic heterocycles. The molecule has 146 valence electrons. The van der Waals surface area contributed by atoms with Gasteiger partial charge < -0.3 is 14.0 Å². The van der Waals surface area contributed by atoms with E-state index < -0.39 is 17.8 Å². The highest BCUT2D eigenvalue weighted by Gasteiger charge is 2.17. The van der Waals surface area contributed by atoms with Crippen LogP contribution in [0.1, 0.15) is 26.4 Å². The first-order chi connectivity index (χ1) is 13.3. The number of amides is 1. The Morgan fingerprint density at radius 2 is 1.96 bits per heavy atom. The van der Waals surface area contributed by atoms with Crippen LogP contribution >= 0.6 is 11.3 Å². The van der Waals surface area contributed by atoms with E-state index in [1.807, 2.05) is 0 Å². The van der Waals surface area contributed by atoms with Gasteiger partial charge in [-0.1, -0.05) is 11.3 Å². The highest BCUT2D eigenvalue weighted by Crippen LogP contribution is 2.20. The van der Waals surface area contributed by atoms with Crippen molar-refractivity contribution in [2.24, 2.45) is 12.0 Å². The molecular weight excluding hydrogens is 384 g/mol. The van der Waals surface area contributed by atoms with Gasteiger partial charge in [0.25, 0.3) is 5.91 Å². The van der Waals surface area contributed by atoms with Crippen LogP contribution in [-0.2, 0) is 27.9 Å². The molecule has 0 aliphatic rings. The van der Waals surface area contributed by atoms with E-state index >= 15 is 0 Å². The molecule has 0 unspecified atom stereocenters. The van der Waals surface area contributed by atoms with Crippen LogP contribution in [0.25, 0.3) is 10.2 Å². The monoisotopic (exact) mass is 402 g/mol. The van der Waals surface area contributed by atoms with E-state index in [9.17, 15) is 14.4 Å². The van der Waals surface area contributed by atoms with Crippen molar-refractivity contribution in [3.63, 3.8) is 0 Å². The Balaban J connectivity index is 2.17. The molecule has 2 heterocycles. The highest BCUT2D eigenvalue weighted by molar-refractivity contribution is 7.16. The van der Waals surface area contributed by atoms with Gasteiger partial charge in [0.1, 0.15) is 6.54 Å². The summed E-state index contributed by atoms with van der Waals surface area (Å²) >= 11 is 1.18. The van der Waals surface area contributed by atoms with Crippen LogP contribution in [0.4, 0.5) is 0 Å². The Morgan fingerprint density at radius 1 is 1.21 bits per heavy atom. The van der Waals surface area contributed by atoms with Gasteiger partial charge >= 0.3 is 11.9 Å². The van der Waals surface area contributed by atoms with Crippen LogP contribution in [0.15, 0.2) is 29.4 Å². The van der Waals surface area contributed by atoms with Crippen LogP contribution in [0.2, 0.25) is 0 Å². The second kappa shape index (κ2) is 7.77. The lowest BCUT2D eigenvalue weighted by molar-refractivity contribution is -0.141. The molecule has 0 aliphatic carbocycles. The standard InChI is InChI=1S/C18H18N4O5S/c1-10-8-21(2)20-15(10)16(24)19-18-22(9-14(23)26-3)12-6-5-11(17(25)27-4)7-13(12)28-18/h5-8H,9H2,1-4H3. The summed E-state index contributed by atoms with van der Waals surface area (Å²) in [6, 6.07) is 4.90. The molecule has 0 spiro atoms. The van der Waals surface area contributed by atoms with Crippen LogP contribution in [0.3, 0.4) is 0 Å². The quantitative estimate of drug-likeness (QED) is 0.612. The molecule has 3 rings (SSSR count). The lowest BCUT2D eigenvalue weighted by Gasteiger charge is -2.04. The number of rotatable bonds is 4. The Bertz CT molecular complexity index is 1150. The van der Waals surface area contributed by atoms with Gasteiger partial charge in [0.15, 0.2) is 10.5 Å². The number of aryl methyl sites for hydroxylation is 2. The summed E-state index contributed by atoms with van der Waals surface area (Å²) in [7, 11) is 4.30. The van der Waals surface area contributed by atoms with Crippen LogP contribution < -0.4 is 4.80 Å². The van der Waals surface area contributed by atoms with Gasteiger partial charge in [-0.3, -0.25) is 14.3 Å². The zero-order chi connectivity index (χ0) is 20.4. The van der Waals surface area contributed by atoms with Crippen molar-refractivity contribution in [3.8, 4) is 0 Å². The first kappa shape index (κ1) is 19.5. The number of nitrogens with zero attached hydrogens (tertiary/aromatic N) is 4. The van der Waals surface area contributed by atoms with Crippen molar-refractivity contribution in [1.82, 2.24) is 14.3 Å². The summed E-state index contributed by atoms with van der Waals surface area (Å²) < 4.78 is 13.3. The SMILES string of the molecule is COC(=O)Cn1c(=NC(=O)c2nn(C)cc2C)sc2cc(C(=O)OC)ccc21. The second-order valence-electron chi connectivity index (χ2n) is 5.97. The average Bonchev–Trinajstić information content (AvgIpc) is 3.19. The number of hydrogen-bond donors (Lipinski definition) is 0. The second-order valence-corrected chi connectivity index (χ2v) is 6.98. The minimum Gasteiger partial charge on any atom is -0.468 e. The predicted molar refractivity (Wildman–Crippen MR) is 101 cm³/mol. The molecule has 10 heteroatoms. The van der Waals surface area contributed by atoms with E-state index in [4.69, 9.17) is 9.47 Å². The first-order valence-electron chi connectivity index (χ1n) is 8.22. The van der Waals surface area contributed by atoms with Crippen LogP contribution in [-0.4, -0.2) is 46.4 Å². The van der Waals surface area contributed by atoms with Gasteiger partial charge in [0.2, 0.25) is 0 Å². The number of aromatic nitrogens is 3. The number of carbonyl (C=O) groups excluding carboxylic acids is 3. The van der Waals surface area contributed by atoms with Crippen molar-refractivity contribution in [2.45, 2.75) is 13.5 Å². The number of esters is 2. The van der Waals surface area contributed by atoms with Gasteiger partial charge in [-0.15, -0.1) is 0 Å². The molecule has 28 heavy (non-hydrogen) atoms. The fraction of sp³-hybridized carbons (Fsp3) is 0.278. The van der Waals surface area contributed by atoms with E-state index in [2.05, 4.69) is 10.1 Å². The van der Waals surface area contributed by atoms with E-state index in [1.54, 1.807) is 42.9 Å². The maximum atomic E-state index is 12.6. The zero-order valence-corrected chi connectivity index (χ0v) is 16.6. The van der Waals surface area contributed by atoms with Crippen molar-refractivity contribution >= 4 is 39.4 Å². The molecule has 1 aromatic carbocycles. The average molecular weight is 402 g/mol. The topological polar surface area (TPSA) is 105 Å². The fourth-order valence-electron chi connectivity index (χ4n) is 2.71. The van der Waals surface area contributed by atoms with E-state index in [0.29, 0.717) is 26.1 Å². The number of ether oxygens (including phenoxy) is 2. The zero-order valence-electron chi connectivity index (χ0n) is 15.8. The summed E-state index contributed by atoms with van der Waals surface area (Å²) in [5.74, 6) is -1.48. The van der Waals surface area contributed by atoms with Crippen molar-refractivity contribution in [1.29, 1.82) is 0 Å². The van der Waals surface area contributed by atoms with E-state index in [-0.39, 0.29) is 12.2 Å². The smallest absolute Gasteiger partial charge is 0.337 e. The van der Waals surface area contributed by atoms with E-state index in [1.165, 1.54) is 30.2 Å². The molecule has 0 saturated heterocycles. The molecule has 3 aromatic rings. The molecule has 0 radical (unpaired) electrons. The maximum Gasteiger partial charge on any atom is 0.337 e. The van der Waals surface area contributed by atoms with Gasteiger partial charge in [0.05, 0.1) is 30.0 Å². The van der Waals surface area contributed by atoms with Crippen LogP contribution in [0.5, 0.6) is 0 Å². The summed E-state index contributed by atoms with van der Waals surface area (Å²) in [6.07, 6.45) is 1.72. The lowest BCUT2D eigenvalue weighted by atomic mass is 10.2. The van der Waals surface area contributed by atoms with E-state index in [0.717, 1.165) is 0 Å². The highest BCUT2D eigenvalue weighted by atomic mass is 32.1. The molecule has 9 nitrogen and oxygen atoms in total. The Kier molecular flexibility index (Phi) is 5.41. The first-order valence-corrected chi connectivity index (χ1v) is 9.03.